The Hall–Kier alpha value is -1.22. The molecule has 2 unspecified atom stereocenters. The molecular weight excluding hydrogens is 216 g/mol. The lowest BCUT2D eigenvalue weighted by atomic mass is 9.86. The fourth-order valence-corrected chi connectivity index (χ4v) is 2.74. The predicted octanol–water partition coefficient (Wildman–Crippen LogP) is 2.68. The van der Waals surface area contributed by atoms with Gasteiger partial charge in [0.1, 0.15) is 17.1 Å². The lowest BCUT2D eigenvalue weighted by Gasteiger charge is -2.38. The first-order valence-corrected chi connectivity index (χ1v) is 6.17. The van der Waals surface area contributed by atoms with Gasteiger partial charge in [-0.2, -0.15) is 0 Å². The Bertz CT molecular complexity index is 439. The Kier molecular flexibility index (Phi) is 2.33. The molecule has 3 heteroatoms. The van der Waals surface area contributed by atoms with Gasteiger partial charge in [-0.3, -0.25) is 0 Å². The standard InChI is InChI=1S/C14H18O3/c1-14(9-3-4-9)8-12(15)11-7-10(16-2)5-6-13(11)17-14/h5-7,9,12,15H,3-4,8H2,1-2H3. The van der Waals surface area contributed by atoms with Crippen LogP contribution in [0.2, 0.25) is 0 Å². The van der Waals surface area contributed by atoms with Crippen molar-refractivity contribution >= 4 is 0 Å². The van der Waals surface area contributed by atoms with Crippen molar-refractivity contribution in [3.63, 3.8) is 0 Å². The molecule has 3 rings (SSSR count). The zero-order valence-corrected chi connectivity index (χ0v) is 10.3. The average Bonchev–Trinajstić information content (AvgIpc) is 3.12. The molecule has 1 N–H and O–H groups in total. The van der Waals surface area contributed by atoms with Crippen molar-refractivity contribution in [1.29, 1.82) is 0 Å². The number of aliphatic hydroxyl groups is 1. The molecule has 1 fully saturated rings. The van der Waals surface area contributed by atoms with E-state index < -0.39 is 6.10 Å². The van der Waals surface area contributed by atoms with Gasteiger partial charge in [0.05, 0.1) is 13.2 Å². The third kappa shape index (κ3) is 1.78. The fourth-order valence-electron chi connectivity index (χ4n) is 2.74. The number of hydrogen-bond donors (Lipinski definition) is 1. The summed E-state index contributed by atoms with van der Waals surface area (Å²) < 4.78 is 11.3. The zero-order valence-electron chi connectivity index (χ0n) is 10.3. The van der Waals surface area contributed by atoms with E-state index in [0.29, 0.717) is 12.3 Å². The molecule has 1 saturated carbocycles. The van der Waals surface area contributed by atoms with Gasteiger partial charge < -0.3 is 14.6 Å². The summed E-state index contributed by atoms with van der Waals surface area (Å²) in [6.07, 6.45) is 2.67. The number of benzene rings is 1. The molecule has 92 valence electrons. The number of hydrogen-bond acceptors (Lipinski definition) is 3. The minimum Gasteiger partial charge on any atom is -0.497 e. The summed E-state index contributed by atoms with van der Waals surface area (Å²) in [6, 6.07) is 5.65. The van der Waals surface area contributed by atoms with Crippen LogP contribution in [-0.4, -0.2) is 17.8 Å². The maximum absolute atomic E-state index is 10.3. The smallest absolute Gasteiger partial charge is 0.126 e. The van der Waals surface area contributed by atoms with Gasteiger partial charge in [0, 0.05) is 12.0 Å². The molecular formula is C14H18O3. The largest absolute Gasteiger partial charge is 0.497 e. The maximum Gasteiger partial charge on any atom is 0.126 e. The average molecular weight is 234 g/mol. The van der Waals surface area contributed by atoms with Crippen LogP contribution in [0.1, 0.15) is 37.9 Å². The lowest BCUT2D eigenvalue weighted by molar-refractivity contribution is -0.0167. The molecule has 0 amide bonds. The second-order valence-corrected chi connectivity index (χ2v) is 5.31. The predicted molar refractivity (Wildman–Crippen MR) is 64.3 cm³/mol. The van der Waals surface area contributed by atoms with E-state index in [-0.39, 0.29) is 5.60 Å². The summed E-state index contributed by atoms with van der Waals surface area (Å²) in [5.41, 5.74) is 0.656. The van der Waals surface area contributed by atoms with Crippen molar-refractivity contribution in [1.82, 2.24) is 0 Å². The number of rotatable bonds is 2. The molecule has 2 atom stereocenters. The van der Waals surface area contributed by atoms with Gasteiger partial charge in [0.2, 0.25) is 0 Å². The van der Waals surface area contributed by atoms with Crippen LogP contribution in [0, 0.1) is 5.92 Å². The number of methoxy groups -OCH3 is 1. The summed E-state index contributed by atoms with van der Waals surface area (Å²) in [7, 11) is 1.63. The van der Waals surface area contributed by atoms with Gasteiger partial charge in [-0.25, -0.2) is 0 Å². The van der Waals surface area contributed by atoms with E-state index in [4.69, 9.17) is 9.47 Å². The maximum atomic E-state index is 10.3. The highest BCUT2D eigenvalue weighted by molar-refractivity contribution is 5.43. The highest BCUT2D eigenvalue weighted by atomic mass is 16.5. The monoisotopic (exact) mass is 234 g/mol. The van der Waals surface area contributed by atoms with Crippen LogP contribution in [-0.2, 0) is 0 Å². The zero-order chi connectivity index (χ0) is 12.0. The molecule has 1 aromatic rings. The molecule has 17 heavy (non-hydrogen) atoms. The molecule has 3 nitrogen and oxygen atoms in total. The summed E-state index contributed by atoms with van der Waals surface area (Å²) in [6.45, 7) is 2.11. The van der Waals surface area contributed by atoms with Gasteiger partial charge in [0.25, 0.3) is 0 Å². The first-order chi connectivity index (χ1) is 8.12. The Morgan fingerprint density at radius 3 is 2.82 bits per heavy atom. The molecule has 0 bridgehead atoms. The normalized spacial score (nSPS) is 31.6. The summed E-state index contributed by atoms with van der Waals surface area (Å²) in [4.78, 5) is 0. The molecule has 1 heterocycles. The van der Waals surface area contributed by atoms with Gasteiger partial charge in [-0.1, -0.05) is 0 Å². The molecule has 1 aliphatic heterocycles. The Morgan fingerprint density at radius 1 is 1.41 bits per heavy atom. The quantitative estimate of drug-likeness (QED) is 0.855. The van der Waals surface area contributed by atoms with Crippen LogP contribution in [0.15, 0.2) is 18.2 Å². The molecule has 0 saturated heterocycles. The second kappa shape index (κ2) is 3.64. The van der Waals surface area contributed by atoms with E-state index in [1.807, 2.05) is 18.2 Å². The molecule has 0 aromatic heterocycles. The molecule has 1 aliphatic carbocycles. The van der Waals surface area contributed by atoms with E-state index in [1.165, 1.54) is 12.8 Å². The topological polar surface area (TPSA) is 38.7 Å². The SMILES string of the molecule is COc1ccc2c(c1)C(O)CC(C)(C1CC1)O2. The van der Waals surface area contributed by atoms with E-state index >= 15 is 0 Å². The van der Waals surface area contributed by atoms with Crippen LogP contribution in [0.25, 0.3) is 0 Å². The summed E-state index contributed by atoms with van der Waals surface area (Å²) >= 11 is 0. The highest BCUT2D eigenvalue weighted by Crippen LogP contribution is 2.50. The third-order valence-electron chi connectivity index (χ3n) is 3.96. The van der Waals surface area contributed by atoms with Crippen molar-refractivity contribution < 1.29 is 14.6 Å². The van der Waals surface area contributed by atoms with E-state index in [1.54, 1.807) is 7.11 Å². The van der Waals surface area contributed by atoms with Crippen molar-refractivity contribution in [3.05, 3.63) is 23.8 Å². The first-order valence-electron chi connectivity index (χ1n) is 6.17. The van der Waals surface area contributed by atoms with Gasteiger partial charge in [0.15, 0.2) is 0 Å². The van der Waals surface area contributed by atoms with Crippen LogP contribution >= 0.6 is 0 Å². The van der Waals surface area contributed by atoms with Crippen LogP contribution < -0.4 is 9.47 Å². The minimum absolute atomic E-state index is 0.193. The van der Waals surface area contributed by atoms with Crippen molar-refractivity contribution in [2.24, 2.45) is 5.92 Å². The van der Waals surface area contributed by atoms with E-state index in [0.717, 1.165) is 17.1 Å². The molecule has 0 spiro atoms. The van der Waals surface area contributed by atoms with Crippen LogP contribution in [0.5, 0.6) is 11.5 Å². The van der Waals surface area contributed by atoms with Crippen molar-refractivity contribution in [3.8, 4) is 11.5 Å². The number of ether oxygens (including phenoxy) is 2. The highest BCUT2D eigenvalue weighted by Gasteiger charge is 2.47. The Labute approximate surface area is 101 Å². The van der Waals surface area contributed by atoms with Crippen molar-refractivity contribution in [2.45, 2.75) is 37.9 Å². The van der Waals surface area contributed by atoms with E-state index in [9.17, 15) is 5.11 Å². The third-order valence-corrected chi connectivity index (χ3v) is 3.96. The number of fused-ring (bicyclic) bond motifs is 1. The summed E-state index contributed by atoms with van der Waals surface area (Å²) in [5, 5.41) is 10.3. The summed E-state index contributed by atoms with van der Waals surface area (Å²) in [5.74, 6) is 2.17. The van der Waals surface area contributed by atoms with Gasteiger partial charge >= 0.3 is 0 Å². The fraction of sp³-hybridized carbons (Fsp3) is 0.571. The number of aliphatic hydroxyl groups excluding tert-OH is 1. The van der Waals surface area contributed by atoms with E-state index in [2.05, 4.69) is 6.92 Å². The lowest BCUT2D eigenvalue weighted by Crippen LogP contribution is -2.40. The molecule has 2 aliphatic rings. The van der Waals surface area contributed by atoms with Gasteiger partial charge in [-0.05, 0) is 43.9 Å². The first kappa shape index (κ1) is 10.9. The van der Waals surface area contributed by atoms with Crippen LogP contribution in [0.4, 0.5) is 0 Å². The Balaban J connectivity index is 1.96. The second-order valence-electron chi connectivity index (χ2n) is 5.31. The Morgan fingerprint density at radius 2 is 2.18 bits per heavy atom. The molecule has 0 radical (unpaired) electrons. The van der Waals surface area contributed by atoms with Crippen molar-refractivity contribution in [2.75, 3.05) is 7.11 Å². The molecule has 1 aromatic carbocycles. The van der Waals surface area contributed by atoms with Gasteiger partial charge in [-0.15, -0.1) is 0 Å². The van der Waals surface area contributed by atoms with Crippen LogP contribution in [0.3, 0.4) is 0 Å². The minimum atomic E-state index is -0.445.